The molecule has 9 aromatic rings. The molecule has 0 amide bonds. The van der Waals surface area contributed by atoms with Crippen molar-refractivity contribution in [2.24, 2.45) is 0 Å². The molecule has 0 saturated carbocycles. The molecule has 1 atom stereocenters. The SMILES string of the molecule is Cc1ccccc1N(c1cccc2c1-c1ccccc1C21c2ccccc2Oc2c1ccc1ccccc21)c1cccc2sc3ccccc3c12. The maximum Gasteiger partial charge on any atom is 0.140 e. The molecule has 8 aromatic carbocycles. The molecule has 240 valence electrons. The number of para-hydroxylation sites is 2. The molecular formula is C48H31NOS. The molecule has 2 nitrogen and oxygen atoms in total. The van der Waals surface area contributed by atoms with Crippen molar-refractivity contribution in [3.8, 4) is 22.6 Å². The third kappa shape index (κ3) is 3.81. The summed E-state index contributed by atoms with van der Waals surface area (Å²) in [5, 5.41) is 4.87. The Labute approximate surface area is 300 Å². The maximum atomic E-state index is 6.91. The third-order valence-corrected chi connectivity index (χ3v) is 12.2. The molecule has 0 saturated heterocycles. The molecule has 11 rings (SSSR count). The Morgan fingerprint density at radius 3 is 2.08 bits per heavy atom. The molecule has 2 aliphatic rings. The highest BCUT2D eigenvalue weighted by Gasteiger charge is 2.52. The lowest BCUT2D eigenvalue weighted by Gasteiger charge is -2.40. The Kier molecular flexibility index (Phi) is 5.99. The highest BCUT2D eigenvalue weighted by atomic mass is 32.1. The topological polar surface area (TPSA) is 12.5 Å². The third-order valence-electron chi connectivity index (χ3n) is 11.1. The summed E-state index contributed by atoms with van der Waals surface area (Å²) in [7, 11) is 0. The zero-order chi connectivity index (χ0) is 33.7. The fourth-order valence-corrected chi connectivity index (χ4v) is 10.1. The van der Waals surface area contributed by atoms with Gasteiger partial charge in [-0.3, -0.25) is 0 Å². The van der Waals surface area contributed by atoms with Crippen LogP contribution in [0.3, 0.4) is 0 Å². The van der Waals surface area contributed by atoms with Crippen LogP contribution in [0.15, 0.2) is 170 Å². The first-order valence-electron chi connectivity index (χ1n) is 17.5. The van der Waals surface area contributed by atoms with E-state index in [2.05, 4.69) is 182 Å². The van der Waals surface area contributed by atoms with E-state index < -0.39 is 5.41 Å². The summed E-state index contributed by atoms with van der Waals surface area (Å²) < 4.78 is 9.50. The first-order valence-corrected chi connectivity index (χ1v) is 18.3. The van der Waals surface area contributed by atoms with Crippen molar-refractivity contribution >= 4 is 59.3 Å². The first kappa shape index (κ1) is 28.7. The van der Waals surface area contributed by atoms with E-state index in [1.807, 2.05) is 11.3 Å². The van der Waals surface area contributed by atoms with Gasteiger partial charge in [-0.2, -0.15) is 0 Å². The van der Waals surface area contributed by atoms with Crippen LogP contribution in [-0.2, 0) is 5.41 Å². The van der Waals surface area contributed by atoms with Gasteiger partial charge >= 0.3 is 0 Å². The quantitative estimate of drug-likeness (QED) is 0.186. The number of nitrogens with zero attached hydrogens (tertiary/aromatic N) is 1. The summed E-state index contributed by atoms with van der Waals surface area (Å²) >= 11 is 1.86. The Morgan fingerprint density at radius 1 is 0.490 bits per heavy atom. The first-order chi connectivity index (χ1) is 25.2. The number of hydrogen-bond acceptors (Lipinski definition) is 3. The molecule has 0 fully saturated rings. The van der Waals surface area contributed by atoms with Crippen LogP contribution in [0.2, 0.25) is 0 Å². The molecule has 2 heterocycles. The van der Waals surface area contributed by atoms with Crippen molar-refractivity contribution in [3.05, 3.63) is 198 Å². The maximum absolute atomic E-state index is 6.91. The molecule has 1 aromatic heterocycles. The molecule has 51 heavy (non-hydrogen) atoms. The fourth-order valence-electron chi connectivity index (χ4n) is 8.99. The van der Waals surface area contributed by atoms with E-state index in [0.29, 0.717) is 0 Å². The number of hydrogen-bond donors (Lipinski definition) is 0. The Bertz CT molecular complexity index is 2880. The minimum atomic E-state index is -0.575. The second-order valence-corrected chi connectivity index (χ2v) is 14.7. The van der Waals surface area contributed by atoms with Crippen LogP contribution in [-0.4, -0.2) is 0 Å². The lowest BCUT2D eigenvalue weighted by atomic mass is 9.65. The Hall–Kier alpha value is -6.16. The lowest BCUT2D eigenvalue weighted by Crippen LogP contribution is -2.32. The van der Waals surface area contributed by atoms with Crippen LogP contribution >= 0.6 is 11.3 Å². The number of benzene rings is 8. The summed E-state index contributed by atoms with van der Waals surface area (Å²) in [5.74, 6) is 1.84. The number of aryl methyl sites for hydroxylation is 1. The molecule has 1 unspecified atom stereocenters. The average Bonchev–Trinajstić information content (AvgIpc) is 3.71. The number of anilines is 3. The van der Waals surface area contributed by atoms with E-state index in [1.165, 1.54) is 81.6 Å². The zero-order valence-corrected chi connectivity index (χ0v) is 28.7. The van der Waals surface area contributed by atoms with Gasteiger partial charge in [0.2, 0.25) is 0 Å². The smallest absolute Gasteiger partial charge is 0.140 e. The Morgan fingerprint density at radius 2 is 1.16 bits per heavy atom. The Balaban J connectivity index is 1.29. The van der Waals surface area contributed by atoms with Crippen LogP contribution in [0.5, 0.6) is 11.5 Å². The molecular weight excluding hydrogens is 639 g/mol. The van der Waals surface area contributed by atoms with Gasteiger partial charge < -0.3 is 9.64 Å². The van der Waals surface area contributed by atoms with Gasteiger partial charge in [-0.1, -0.05) is 133 Å². The molecule has 0 radical (unpaired) electrons. The fraction of sp³-hybridized carbons (Fsp3) is 0.0417. The minimum Gasteiger partial charge on any atom is -0.456 e. The summed E-state index contributed by atoms with van der Waals surface area (Å²) in [6.45, 7) is 2.23. The van der Waals surface area contributed by atoms with Crippen molar-refractivity contribution in [2.45, 2.75) is 12.3 Å². The standard InChI is InChI=1S/C48H31NOS/c1-30-14-2-9-22-39(30)49(41-24-13-27-44-46(41)34-18-6-11-26-43(34)51-44)40-23-12-21-37-45(40)33-17-5-7-19-35(33)48(37)36-20-8-10-25-42(36)50-47-32-16-4-3-15-31(32)28-29-38(47)48/h2-29H,1H3. The largest absolute Gasteiger partial charge is 0.456 e. The second-order valence-electron chi connectivity index (χ2n) is 13.6. The molecule has 3 heteroatoms. The van der Waals surface area contributed by atoms with Gasteiger partial charge in [-0.15, -0.1) is 11.3 Å². The van der Waals surface area contributed by atoms with Crippen LogP contribution in [0, 0.1) is 6.92 Å². The van der Waals surface area contributed by atoms with Crippen molar-refractivity contribution in [2.75, 3.05) is 4.90 Å². The molecule has 1 spiro atoms. The summed E-state index contributed by atoms with van der Waals surface area (Å²) in [6, 6.07) is 62.2. The van der Waals surface area contributed by atoms with Crippen LogP contribution in [0.1, 0.15) is 27.8 Å². The highest BCUT2D eigenvalue weighted by Crippen LogP contribution is 2.65. The van der Waals surface area contributed by atoms with Crippen molar-refractivity contribution in [1.29, 1.82) is 0 Å². The second kappa shape index (κ2) is 10.7. The predicted molar refractivity (Wildman–Crippen MR) is 214 cm³/mol. The van der Waals surface area contributed by atoms with E-state index in [1.54, 1.807) is 0 Å². The van der Waals surface area contributed by atoms with Gasteiger partial charge in [-0.05, 0) is 71.0 Å². The van der Waals surface area contributed by atoms with E-state index >= 15 is 0 Å². The van der Waals surface area contributed by atoms with Gasteiger partial charge in [0.05, 0.1) is 16.8 Å². The van der Waals surface area contributed by atoms with Crippen molar-refractivity contribution in [1.82, 2.24) is 0 Å². The number of thiophene rings is 1. The highest BCUT2D eigenvalue weighted by molar-refractivity contribution is 7.26. The van der Waals surface area contributed by atoms with E-state index in [9.17, 15) is 0 Å². The number of ether oxygens (including phenoxy) is 1. The van der Waals surface area contributed by atoms with E-state index in [0.717, 1.165) is 16.9 Å². The van der Waals surface area contributed by atoms with Gasteiger partial charge in [0.15, 0.2) is 0 Å². The zero-order valence-electron chi connectivity index (χ0n) is 27.9. The van der Waals surface area contributed by atoms with Gasteiger partial charge in [0.25, 0.3) is 0 Å². The molecule has 0 N–H and O–H groups in total. The number of fused-ring (bicyclic) bond motifs is 14. The molecule has 1 aliphatic heterocycles. The average molecular weight is 670 g/mol. The normalized spacial score (nSPS) is 15.4. The monoisotopic (exact) mass is 669 g/mol. The summed E-state index contributed by atoms with van der Waals surface area (Å²) in [5.41, 5.74) is 11.6. The predicted octanol–water partition coefficient (Wildman–Crippen LogP) is 13.5. The van der Waals surface area contributed by atoms with E-state index in [4.69, 9.17) is 4.74 Å². The van der Waals surface area contributed by atoms with Crippen LogP contribution in [0.25, 0.3) is 42.1 Å². The van der Waals surface area contributed by atoms with Crippen molar-refractivity contribution in [3.63, 3.8) is 0 Å². The minimum absolute atomic E-state index is 0.575. The van der Waals surface area contributed by atoms with Gasteiger partial charge in [-0.25, -0.2) is 0 Å². The van der Waals surface area contributed by atoms with Crippen molar-refractivity contribution < 1.29 is 4.74 Å². The summed E-state index contributed by atoms with van der Waals surface area (Å²) in [4.78, 5) is 2.53. The van der Waals surface area contributed by atoms with Crippen LogP contribution in [0.4, 0.5) is 17.1 Å². The number of rotatable bonds is 3. The van der Waals surface area contributed by atoms with Gasteiger partial charge in [0.1, 0.15) is 11.5 Å². The summed E-state index contributed by atoms with van der Waals surface area (Å²) in [6.07, 6.45) is 0. The van der Waals surface area contributed by atoms with E-state index in [-0.39, 0.29) is 0 Å². The lowest BCUT2D eigenvalue weighted by molar-refractivity contribution is 0.441. The molecule has 0 bridgehead atoms. The molecule has 1 aliphatic carbocycles. The van der Waals surface area contributed by atoms with Crippen LogP contribution < -0.4 is 9.64 Å². The van der Waals surface area contributed by atoms with Gasteiger partial charge in [0, 0.05) is 47.9 Å².